The van der Waals surface area contributed by atoms with Crippen molar-refractivity contribution < 1.29 is 26.4 Å². The van der Waals surface area contributed by atoms with E-state index in [2.05, 4.69) is 9.71 Å². The highest BCUT2D eigenvalue weighted by Gasteiger charge is 2.60. The van der Waals surface area contributed by atoms with Crippen LogP contribution in [-0.2, 0) is 21.2 Å². The van der Waals surface area contributed by atoms with Gasteiger partial charge in [0.05, 0.1) is 24.0 Å². The lowest BCUT2D eigenvalue weighted by molar-refractivity contribution is -0.138. The molecule has 0 unspecified atom stereocenters. The first-order valence-electron chi connectivity index (χ1n) is 11.3. The molecule has 1 aromatic carbocycles. The van der Waals surface area contributed by atoms with Crippen molar-refractivity contribution in [3.63, 3.8) is 0 Å². The lowest BCUT2D eigenvalue weighted by Crippen LogP contribution is -2.53. The van der Waals surface area contributed by atoms with E-state index in [0.717, 1.165) is 4.90 Å². The van der Waals surface area contributed by atoms with Gasteiger partial charge in [0.2, 0.25) is 15.9 Å². The minimum absolute atomic E-state index is 0.114. The zero-order valence-corrected chi connectivity index (χ0v) is 20.1. The van der Waals surface area contributed by atoms with Crippen molar-refractivity contribution in [3.8, 4) is 11.3 Å². The number of carbonyl (C=O) groups excluding carboxylic acids is 1. The third-order valence-electron chi connectivity index (χ3n) is 6.76. The summed E-state index contributed by atoms with van der Waals surface area (Å²) in [6.07, 6.45) is 0.892. The van der Waals surface area contributed by atoms with Gasteiger partial charge in [0.1, 0.15) is 11.9 Å². The van der Waals surface area contributed by atoms with Gasteiger partial charge >= 0.3 is 0 Å². The molecule has 2 heterocycles. The Hall–Kier alpha value is -2.46. The van der Waals surface area contributed by atoms with E-state index in [4.69, 9.17) is 0 Å². The van der Waals surface area contributed by atoms with E-state index in [9.17, 15) is 13.2 Å². The topological polar surface area (TPSA) is 79.4 Å². The maximum absolute atomic E-state index is 15.6. The predicted octanol–water partition coefficient (Wildman–Crippen LogP) is 3.69. The summed E-state index contributed by atoms with van der Waals surface area (Å²) >= 11 is 0. The highest BCUT2D eigenvalue weighted by atomic mass is 32.2. The van der Waals surface area contributed by atoms with Gasteiger partial charge in [0.25, 0.3) is 5.92 Å². The van der Waals surface area contributed by atoms with Gasteiger partial charge in [0.15, 0.2) is 0 Å². The van der Waals surface area contributed by atoms with E-state index in [-0.39, 0.29) is 23.3 Å². The van der Waals surface area contributed by atoms with Crippen LogP contribution in [0.5, 0.6) is 0 Å². The third kappa shape index (κ3) is 4.70. The van der Waals surface area contributed by atoms with E-state index >= 15 is 13.2 Å². The van der Waals surface area contributed by atoms with Crippen LogP contribution in [0, 0.1) is 18.2 Å². The number of benzene rings is 1. The molecule has 2 aliphatic rings. The first-order chi connectivity index (χ1) is 15.9. The number of likely N-dealkylation sites (tertiary alicyclic amines) is 1. The molecule has 1 aliphatic heterocycles. The van der Waals surface area contributed by atoms with Crippen LogP contribution >= 0.6 is 0 Å². The zero-order valence-electron chi connectivity index (χ0n) is 19.3. The molecule has 6 nitrogen and oxygen atoms in total. The molecule has 34 heavy (non-hydrogen) atoms. The van der Waals surface area contributed by atoms with E-state index in [1.807, 2.05) is 0 Å². The quantitative estimate of drug-likeness (QED) is 0.636. The lowest BCUT2D eigenvalue weighted by atomic mass is 9.95. The van der Waals surface area contributed by atoms with Gasteiger partial charge in [-0.05, 0) is 56.9 Å². The van der Waals surface area contributed by atoms with Crippen LogP contribution in [0.2, 0.25) is 0 Å². The van der Waals surface area contributed by atoms with Crippen molar-refractivity contribution in [2.75, 3.05) is 12.3 Å². The summed E-state index contributed by atoms with van der Waals surface area (Å²) in [6.45, 7) is 3.91. The fourth-order valence-corrected chi connectivity index (χ4v) is 5.28. The number of carbonyl (C=O) groups is 1. The standard InChI is InChI=1S/C24H28F3N3O3S/c1-4-34(32,33)29-21-19(30(14-24(21,26)27)22(31)23(3)11-12-23)13-16-8-6-9-17(20(16)25)18-10-5-7-15(2)28-18/h5-10,19,21,29H,4,11-14H2,1-3H3/t19-,21+/m0/s1. The number of nitrogens with zero attached hydrogens (tertiary/aromatic N) is 2. The molecule has 0 radical (unpaired) electrons. The Balaban J connectivity index is 1.74. The van der Waals surface area contributed by atoms with Crippen molar-refractivity contribution >= 4 is 15.9 Å². The largest absolute Gasteiger partial charge is 0.331 e. The number of nitrogens with one attached hydrogen (secondary N) is 1. The number of hydrogen-bond donors (Lipinski definition) is 1. The summed E-state index contributed by atoms with van der Waals surface area (Å²) in [4.78, 5) is 18.5. The van der Waals surface area contributed by atoms with Crippen LogP contribution in [0.15, 0.2) is 36.4 Å². The number of alkyl halides is 2. The average molecular weight is 496 g/mol. The molecule has 1 amide bonds. The molecule has 184 valence electrons. The molecular formula is C24H28F3N3O3S. The molecule has 1 saturated carbocycles. The summed E-state index contributed by atoms with van der Waals surface area (Å²) in [5.74, 6) is -4.97. The van der Waals surface area contributed by atoms with Crippen molar-refractivity contribution in [2.24, 2.45) is 5.41 Å². The van der Waals surface area contributed by atoms with Crippen molar-refractivity contribution in [1.82, 2.24) is 14.6 Å². The van der Waals surface area contributed by atoms with Gasteiger partial charge < -0.3 is 4.90 Å². The summed E-state index contributed by atoms with van der Waals surface area (Å²) in [6, 6.07) is 6.70. The maximum atomic E-state index is 15.6. The average Bonchev–Trinajstić information content (AvgIpc) is 3.48. The number of hydrogen-bond acceptors (Lipinski definition) is 4. The molecule has 10 heteroatoms. The Morgan fingerprint density at radius 1 is 1.21 bits per heavy atom. The van der Waals surface area contributed by atoms with Crippen molar-refractivity contribution in [3.05, 3.63) is 53.5 Å². The second-order valence-electron chi connectivity index (χ2n) is 9.47. The number of amides is 1. The van der Waals surface area contributed by atoms with Crippen LogP contribution in [0.1, 0.15) is 37.9 Å². The summed E-state index contributed by atoms with van der Waals surface area (Å²) in [5.41, 5.74) is 0.684. The molecule has 1 aliphatic carbocycles. The highest BCUT2D eigenvalue weighted by molar-refractivity contribution is 7.89. The SMILES string of the molecule is CCS(=O)(=O)N[C@@H]1[C@H](Cc2cccc(-c3cccc(C)n3)c2F)N(C(=O)C2(C)CC2)CC1(F)F. The molecule has 0 spiro atoms. The van der Waals surface area contributed by atoms with Gasteiger partial charge in [0, 0.05) is 16.7 Å². The van der Waals surface area contributed by atoms with E-state index in [0.29, 0.717) is 24.2 Å². The minimum atomic E-state index is -4.01. The molecule has 2 atom stereocenters. The van der Waals surface area contributed by atoms with Gasteiger partial charge in [-0.1, -0.05) is 25.1 Å². The van der Waals surface area contributed by atoms with Gasteiger partial charge in [-0.25, -0.2) is 26.3 Å². The second-order valence-corrected chi connectivity index (χ2v) is 11.5. The summed E-state index contributed by atoms with van der Waals surface area (Å²) in [7, 11) is -4.01. The second kappa shape index (κ2) is 8.64. The van der Waals surface area contributed by atoms with Gasteiger partial charge in [-0.15, -0.1) is 0 Å². The first-order valence-corrected chi connectivity index (χ1v) is 12.9. The Morgan fingerprint density at radius 2 is 1.88 bits per heavy atom. The van der Waals surface area contributed by atoms with Crippen molar-refractivity contribution in [2.45, 2.75) is 58.0 Å². The Kier molecular flexibility index (Phi) is 6.27. The predicted molar refractivity (Wildman–Crippen MR) is 122 cm³/mol. The minimum Gasteiger partial charge on any atom is -0.331 e. The number of sulfonamides is 1. The van der Waals surface area contributed by atoms with Crippen LogP contribution in [0.25, 0.3) is 11.3 Å². The number of halogens is 3. The van der Waals surface area contributed by atoms with Crippen LogP contribution in [0.4, 0.5) is 13.2 Å². The number of pyridine rings is 1. The Morgan fingerprint density at radius 3 is 2.50 bits per heavy atom. The molecular weight excluding hydrogens is 467 g/mol. The normalized spacial score (nSPS) is 23.2. The van der Waals surface area contributed by atoms with E-state index in [1.54, 1.807) is 44.2 Å². The third-order valence-corrected chi connectivity index (χ3v) is 8.13. The lowest BCUT2D eigenvalue weighted by Gasteiger charge is -2.30. The Labute approximate surface area is 197 Å². The van der Waals surface area contributed by atoms with E-state index < -0.39 is 51.7 Å². The number of aromatic nitrogens is 1. The fourth-order valence-electron chi connectivity index (χ4n) is 4.40. The summed E-state index contributed by atoms with van der Waals surface area (Å²) < 4.78 is 72.4. The molecule has 2 fully saturated rings. The fraction of sp³-hybridized carbons (Fsp3) is 0.500. The van der Waals surface area contributed by atoms with Crippen LogP contribution in [0.3, 0.4) is 0 Å². The molecule has 1 saturated heterocycles. The molecule has 2 aromatic rings. The number of rotatable bonds is 7. The molecule has 1 aromatic heterocycles. The van der Waals surface area contributed by atoms with Gasteiger partial charge in [-0.3, -0.25) is 9.78 Å². The number of aryl methyl sites for hydroxylation is 1. The molecule has 1 N–H and O–H groups in total. The van der Waals surface area contributed by atoms with Crippen LogP contribution in [-0.4, -0.2) is 54.5 Å². The molecule has 4 rings (SSSR count). The first kappa shape index (κ1) is 24.7. The molecule has 0 bridgehead atoms. The van der Waals surface area contributed by atoms with Crippen LogP contribution < -0.4 is 4.72 Å². The van der Waals surface area contributed by atoms with Gasteiger partial charge in [-0.2, -0.15) is 0 Å². The maximum Gasteiger partial charge on any atom is 0.283 e. The smallest absolute Gasteiger partial charge is 0.283 e. The Bertz CT molecular complexity index is 1210. The van der Waals surface area contributed by atoms with Crippen molar-refractivity contribution in [1.29, 1.82) is 0 Å². The monoisotopic (exact) mass is 495 g/mol. The highest BCUT2D eigenvalue weighted by Crippen LogP contribution is 2.49. The zero-order chi connectivity index (χ0) is 24.9. The van der Waals surface area contributed by atoms with E-state index in [1.165, 1.54) is 13.0 Å². The summed E-state index contributed by atoms with van der Waals surface area (Å²) in [5, 5.41) is 0.